The fraction of sp³-hybridized carbons (Fsp3) is 0.150. The van der Waals surface area contributed by atoms with Crippen LogP contribution < -0.4 is 0 Å². The van der Waals surface area contributed by atoms with Crippen LogP contribution in [-0.2, 0) is 39.2 Å². The number of hydrogen-bond acceptors (Lipinski definition) is 7. The lowest BCUT2D eigenvalue weighted by Gasteiger charge is -2.15. The SMILES string of the molecule is Fc1ccc(C2(Cn3cncn3)OC2c2ccccc2Cl)cc1.O=C(OCc1cccc(C(F)(F)F)c1)/C(=C/c1ccccc1)C(O)c1cccnc1. The minimum atomic E-state index is -4.49. The van der Waals surface area contributed by atoms with E-state index in [-0.39, 0.29) is 29.7 Å². The van der Waals surface area contributed by atoms with Gasteiger partial charge in [0.1, 0.15) is 42.9 Å². The largest absolute Gasteiger partial charge is 0.457 e. The van der Waals surface area contributed by atoms with Gasteiger partial charge in [0.2, 0.25) is 0 Å². The van der Waals surface area contributed by atoms with Gasteiger partial charge in [-0.15, -0.1) is 0 Å². The standard InChI is InChI=1S/C23H18F3NO3.C17H13ClFN3O/c24-23(25,26)19-10-4-8-17(12-19)15-30-22(29)20(13-16-6-2-1-3-7-16)21(28)18-9-5-11-27-14-18;18-15-4-2-1-3-14(15)16-17(23-16,9-22-11-20-10-21-22)12-5-7-13(19)8-6-12/h1-14,21,28H,15H2;1-8,10-11,16H,9H2/b20-13+;. The summed E-state index contributed by atoms with van der Waals surface area (Å²) in [6, 6.07) is 30.5. The van der Waals surface area contributed by atoms with E-state index >= 15 is 0 Å². The summed E-state index contributed by atoms with van der Waals surface area (Å²) in [5, 5.41) is 15.5. The van der Waals surface area contributed by atoms with E-state index in [1.807, 2.05) is 24.3 Å². The Hall–Kier alpha value is -5.69. The second kappa shape index (κ2) is 16.3. The molecule has 0 radical (unpaired) electrons. The first-order valence-corrected chi connectivity index (χ1v) is 16.6. The number of carbonyl (C=O) groups excluding carboxylic acids is 1. The number of alkyl halides is 3. The van der Waals surface area contributed by atoms with E-state index < -0.39 is 29.4 Å². The Balaban J connectivity index is 0.000000187. The normalized spacial score (nSPS) is 17.3. The van der Waals surface area contributed by atoms with Gasteiger partial charge in [-0.3, -0.25) is 4.98 Å². The number of aliphatic hydroxyl groups is 1. The number of esters is 1. The Labute approximate surface area is 307 Å². The Morgan fingerprint density at radius 1 is 0.962 bits per heavy atom. The summed E-state index contributed by atoms with van der Waals surface area (Å²) in [4.78, 5) is 20.6. The molecular weight excluding hydrogens is 712 g/mol. The summed E-state index contributed by atoms with van der Waals surface area (Å²) in [7, 11) is 0. The summed E-state index contributed by atoms with van der Waals surface area (Å²) in [6.07, 6.45) is 1.54. The molecule has 3 atom stereocenters. The minimum absolute atomic E-state index is 0.0545. The molecule has 3 heterocycles. The first kappa shape index (κ1) is 37.1. The van der Waals surface area contributed by atoms with Crippen LogP contribution in [-0.4, -0.2) is 30.8 Å². The average Bonchev–Trinajstić information content (AvgIpc) is 3.65. The van der Waals surface area contributed by atoms with Crippen molar-refractivity contribution in [2.45, 2.75) is 37.1 Å². The maximum atomic E-state index is 13.3. The van der Waals surface area contributed by atoms with Gasteiger partial charge in [0.25, 0.3) is 0 Å². The Morgan fingerprint density at radius 2 is 1.72 bits per heavy atom. The topological polar surface area (TPSA) is 103 Å². The fourth-order valence-corrected chi connectivity index (χ4v) is 5.90. The second-order valence-corrected chi connectivity index (χ2v) is 12.4. The number of benzene rings is 4. The summed E-state index contributed by atoms with van der Waals surface area (Å²) < 4.78 is 64.9. The van der Waals surface area contributed by atoms with Crippen LogP contribution in [0.1, 0.15) is 45.6 Å². The number of ether oxygens (including phenoxy) is 2. The summed E-state index contributed by atoms with van der Waals surface area (Å²) in [6.45, 7) is 0.114. The highest BCUT2D eigenvalue weighted by molar-refractivity contribution is 6.31. The van der Waals surface area contributed by atoms with E-state index in [4.69, 9.17) is 21.1 Å². The number of aromatic nitrogens is 4. The zero-order chi connectivity index (χ0) is 37.4. The molecule has 0 aliphatic carbocycles. The monoisotopic (exact) mass is 742 g/mol. The molecule has 8 nitrogen and oxygen atoms in total. The molecule has 7 rings (SSSR count). The third-order valence-corrected chi connectivity index (χ3v) is 8.70. The molecule has 13 heteroatoms. The Morgan fingerprint density at radius 3 is 2.40 bits per heavy atom. The smallest absolute Gasteiger partial charge is 0.416 e. The van der Waals surface area contributed by atoms with E-state index in [0.29, 0.717) is 22.7 Å². The number of hydrogen-bond donors (Lipinski definition) is 1. The van der Waals surface area contributed by atoms with Crippen molar-refractivity contribution in [2.75, 3.05) is 0 Å². The highest BCUT2D eigenvalue weighted by Crippen LogP contribution is 2.59. The summed E-state index contributed by atoms with van der Waals surface area (Å²) in [5.74, 6) is -1.12. The van der Waals surface area contributed by atoms with Crippen molar-refractivity contribution in [3.63, 3.8) is 0 Å². The van der Waals surface area contributed by atoms with Crippen molar-refractivity contribution in [3.8, 4) is 0 Å². The number of halogens is 5. The lowest BCUT2D eigenvalue weighted by atomic mass is 9.91. The average molecular weight is 743 g/mol. The molecule has 0 amide bonds. The number of epoxide rings is 1. The van der Waals surface area contributed by atoms with Crippen LogP contribution in [0.15, 0.2) is 146 Å². The van der Waals surface area contributed by atoms with Gasteiger partial charge in [0, 0.05) is 28.5 Å². The van der Waals surface area contributed by atoms with E-state index in [2.05, 4.69) is 15.1 Å². The Bertz CT molecular complexity index is 2150. The molecule has 3 unspecified atom stereocenters. The molecule has 53 heavy (non-hydrogen) atoms. The molecule has 1 aliphatic rings. The molecule has 1 fully saturated rings. The van der Waals surface area contributed by atoms with Crippen molar-refractivity contribution < 1.29 is 36.9 Å². The van der Waals surface area contributed by atoms with Crippen molar-refractivity contribution in [2.24, 2.45) is 0 Å². The van der Waals surface area contributed by atoms with Crippen LogP contribution in [0, 0.1) is 5.82 Å². The maximum absolute atomic E-state index is 13.3. The molecule has 1 aliphatic heterocycles. The first-order valence-electron chi connectivity index (χ1n) is 16.2. The summed E-state index contributed by atoms with van der Waals surface area (Å²) >= 11 is 6.31. The highest BCUT2D eigenvalue weighted by atomic mass is 35.5. The van der Waals surface area contributed by atoms with Crippen molar-refractivity contribution >= 4 is 23.6 Å². The number of aliphatic hydroxyl groups excluding tert-OH is 1. The van der Waals surface area contributed by atoms with Gasteiger partial charge in [-0.05, 0) is 59.2 Å². The van der Waals surface area contributed by atoms with Gasteiger partial charge in [-0.2, -0.15) is 18.3 Å². The van der Waals surface area contributed by atoms with Gasteiger partial charge in [-0.25, -0.2) is 18.9 Å². The van der Waals surface area contributed by atoms with Gasteiger partial charge in [0.05, 0.1) is 17.7 Å². The van der Waals surface area contributed by atoms with E-state index in [0.717, 1.165) is 23.3 Å². The van der Waals surface area contributed by atoms with Gasteiger partial charge >= 0.3 is 12.1 Å². The van der Waals surface area contributed by atoms with Crippen LogP contribution in [0.25, 0.3) is 6.08 Å². The van der Waals surface area contributed by atoms with Crippen molar-refractivity contribution in [1.29, 1.82) is 0 Å². The fourth-order valence-electron chi connectivity index (χ4n) is 5.66. The van der Waals surface area contributed by atoms with Crippen LogP contribution in [0.4, 0.5) is 17.6 Å². The van der Waals surface area contributed by atoms with Crippen molar-refractivity contribution in [1.82, 2.24) is 19.7 Å². The molecule has 4 aromatic carbocycles. The number of rotatable bonds is 10. The summed E-state index contributed by atoms with van der Waals surface area (Å²) in [5.41, 5.74) is 1.53. The third kappa shape index (κ3) is 9.22. The number of nitrogens with zero attached hydrogens (tertiary/aromatic N) is 4. The van der Waals surface area contributed by atoms with E-state index in [1.165, 1.54) is 49.1 Å². The predicted octanol–water partition coefficient (Wildman–Crippen LogP) is 8.70. The molecule has 270 valence electrons. The quantitative estimate of drug-likeness (QED) is 0.0649. The maximum Gasteiger partial charge on any atom is 0.416 e. The molecule has 6 aromatic rings. The lowest BCUT2D eigenvalue weighted by molar-refractivity contribution is -0.141. The van der Waals surface area contributed by atoms with Crippen LogP contribution in [0.3, 0.4) is 0 Å². The van der Waals surface area contributed by atoms with Crippen LogP contribution in [0.2, 0.25) is 5.02 Å². The Kier molecular flexibility index (Phi) is 11.4. The first-order chi connectivity index (χ1) is 25.5. The molecule has 1 N–H and O–H groups in total. The zero-order valence-corrected chi connectivity index (χ0v) is 28.5. The molecule has 0 bridgehead atoms. The van der Waals surface area contributed by atoms with E-state index in [1.54, 1.807) is 65.6 Å². The number of carbonyl (C=O) groups is 1. The highest BCUT2D eigenvalue weighted by Gasteiger charge is 2.59. The zero-order valence-electron chi connectivity index (χ0n) is 27.8. The van der Waals surface area contributed by atoms with Gasteiger partial charge in [-0.1, -0.05) is 90.5 Å². The van der Waals surface area contributed by atoms with Gasteiger partial charge < -0.3 is 14.6 Å². The molecule has 2 aromatic heterocycles. The van der Waals surface area contributed by atoms with Crippen LogP contribution >= 0.6 is 11.6 Å². The predicted molar refractivity (Wildman–Crippen MR) is 188 cm³/mol. The van der Waals surface area contributed by atoms with Gasteiger partial charge in [0.15, 0.2) is 0 Å². The minimum Gasteiger partial charge on any atom is -0.457 e. The van der Waals surface area contributed by atoms with Crippen molar-refractivity contribution in [3.05, 3.63) is 190 Å². The second-order valence-electron chi connectivity index (χ2n) is 12.0. The third-order valence-electron chi connectivity index (χ3n) is 8.35. The number of pyridine rings is 1. The lowest BCUT2D eigenvalue weighted by Crippen LogP contribution is -2.19. The van der Waals surface area contributed by atoms with Crippen LogP contribution in [0.5, 0.6) is 0 Å². The molecule has 0 saturated carbocycles. The van der Waals surface area contributed by atoms with E-state index in [9.17, 15) is 27.5 Å². The molecule has 1 saturated heterocycles. The molecular formula is C40H31ClF4N4O4. The molecule has 0 spiro atoms.